The molecule has 21 heavy (non-hydrogen) atoms. The summed E-state index contributed by atoms with van der Waals surface area (Å²) in [4.78, 5) is 44.7. The van der Waals surface area contributed by atoms with E-state index in [-0.39, 0.29) is 11.5 Å². The quantitative estimate of drug-likeness (QED) is 0.692. The van der Waals surface area contributed by atoms with E-state index < -0.39 is 24.0 Å². The molecule has 8 nitrogen and oxygen atoms in total. The third-order valence-electron chi connectivity index (χ3n) is 2.32. The van der Waals surface area contributed by atoms with E-state index in [9.17, 15) is 19.2 Å². The Morgan fingerprint density at radius 2 is 1.90 bits per heavy atom. The molecular formula is C13H15N3O5. The first-order chi connectivity index (χ1) is 9.79. The zero-order chi connectivity index (χ0) is 16.0. The topological polar surface area (TPSA) is 128 Å². The summed E-state index contributed by atoms with van der Waals surface area (Å²) < 4.78 is 4.89. The number of hydrogen-bond donors (Lipinski definition) is 3. The van der Waals surface area contributed by atoms with E-state index in [4.69, 9.17) is 10.5 Å². The number of amides is 4. The molecule has 4 amide bonds. The molecule has 0 fully saturated rings. The number of carbonyl (C=O) groups excluding carboxylic acids is 4. The van der Waals surface area contributed by atoms with Gasteiger partial charge in [-0.1, -0.05) is 6.07 Å². The molecule has 0 aliphatic carbocycles. The summed E-state index contributed by atoms with van der Waals surface area (Å²) >= 11 is 0. The van der Waals surface area contributed by atoms with Gasteiger partial charge in [0.05, 0.1) is 5.56 Å². The van der Waals surface area contributed by atoms with Crippen LogP contribution in [-0.2, 0) is 14.3 Å². The second kappa shape index (κ2) is 7.04. The highest BCUT2D eigenvalue weighted by Crippen LogP contribution is 2.12. The smallest absolute Gasteiger partial charge is 0.338 e. The highest BCUT2D eigenvalue weighted by Gasteiger charge is 2.20. The van der Waals surface area contributed by atoms with E-state index in [1.165, 1.54) is 26.0 Å². The number of ether oxygens (including phenoxy) is 1. The number of rotatable bonds is 4. The molecule has 0 radical (unpaired) electrons. The van der Waals surface area contributed by atoms with Gasteiger partial charge in [-0.2, -0.15) is 0 Å². The van der Waals surface area contributed by atoms with E-state index in [1.807, 2.05) is 0 Å². The standard InChI is InChI=1S/C13H15N3O5/c1-7(11(18)16-13(14)20)21-12(19)9-4-3-5-10(6-9)15-8(2)17/h3-7H,1-2H3,(H,15,17)(H3,14,16,18,20)/t7-/m1/s1. The Balaban J connectivity index is 2.73. The summed E-state index contributed by atoms with van der Waals surface area (Å²) in [7, 11) is 0. The molecule has 8 heteroatoms. The molecule has 0 aliphatic rings. The predicted octanol–water partition coefficient (Wildman–Crippen LogP) is 0.385. The fraction of sp³-hybridized carbons (Fsp3) is 0.231. The van der Waals surface area contributed by atoms with Gasteiger partial charge in [0.15, 0.2) is 6.10 Å². The molecule has 0 heterocycles. The lowest BCUT2D eigenvalue weighted by Gasteiger charge is -2.12. The van der Waals surface area contributed by atoms with E-state index in [2.05, 4.69) is 5.32 Å². The number of primary amides is 1. The van der Waals surface area contributed by atoms with E-state index in [0.29, 0.717) is 5.69 Å². The lowest BCUT2D eigenvalue weighted by molar-refractivity contribution is -0.127. The van der Waals surface area contributed by atoms with Gasteiger partial charge in [-0.25, -0.2) is 9.59 Å². The number of carbonyl (C=O) groups is 4. The van der Waals surface area contributed by atoms with Crippen LogP contribution in [0.5, 0.6) is 0 Å². The van der Waals surface area contributed by atoms with Gasteiger partial charge in [0.2, 0.25) is 5.91 Å². The molecule has 4 N–H and O–H groups in total. The van der Waals surface area contributed by atoms with Crippen LogP contribution in [0.2, 0.25) is 0 Å². The predicted molar refractivity (Wildman–Crippen MR) is 73.3 cm³/mol. The van der Waals surface area contributed by atoms with Crippen LogP contribution in [0.4, 0.5) is 10.5 Å². The molecule has 1 aromatic carbocycles. The number of anilines is 1. The van der Waals surface area contributed by atoms with E-state index in [1.54, 1.807) is 17.4 Å². The molecule has 1 atom stereocenters. The van der Waals surface area contributed by atoms with Gasteiger partial charge in [-0.15, -0.1) is 0 Å². The minimum Gasteiger partial charge on any atom is -0.449 e. The van der Waals surface area contributed by atoms with Crippen LogP contribution in [0, 0.1) is 0 Å². The van der Waals surface area contributed by atoms with Crippen LogP contribution in [0.3, 0.4) is 0 Å². The summed E-state index contributed by atoms with van der Waals surface area (Å²) in [6.07, 6.45) is -1.19. The Kier molecular flexibility index (Phi) is 5.41. The number of nitrogens with two attached hydrogens (primary N) is 1. The lowest BCUT2D eigenvalue weighted by atomic mass is 10.2. The first kappa shape index (κ1) is 16.2. The zero-order valence-electron chi connectivity index (χ0n) is 11.5. The molecule has 0 aromatic heterocycles. The summed E-state index contributed by atoms with van der Waals surface area (Å²) in [5, 5.41) is 4.32. The average Bonchev–Trinajstić information content (AvgIpc) is 2.37. The van der Waals surface area contributed by atoms with Crippen molar-refractivity contribution in [2.24, 2.45) is 5.73 Å². The molecule has 0 saturated carbocycles. The Hall–Kier alpha value is -2.90. The molecule has 0 saturated heterocycles. The highest BCUT2D eigenvalue weighted by molar-refractivity contribution is 5.98. The lowest BCUT2D eigenvalue weighted by Crippen LogP contribution is -2.42. The number of benzene rings is 1. The third kappa shape index (κ3) is 5.31. The van der Waals surface area contributed by atoms with Crippen LogP contribution in [0.1, 0.15) is 24.2 Å². The van der Waals surface area contributed by atoms with Gasteiger partial charge < -0.3 is 15.8 Å². The molecule has 0 unspecified atom stereocenters. The largest absolute Gasteiger partial charge is 0.449 e. The molecular weight excluding hydrogens is 278 g/mol. The Morgan fingerprint density at radius 3 is 2.48 bits per heavy atom. The number of imide groups is 1. The molecule has 0 aliphatic heterocycles. The van der Waals surface area contributed by atoms with Gasteiger partial charge >= 0.3 is 12.0 Å². The maximum Gasteiger partial charge on any atom is 0.338 e. The second-order valence-electron chi connectivity index (χ2n) is 4.16. The van der Waals surface area contributed by atoms with Crippen molar-refractivity contribution in [1.29, 1.82) is 0 Å². The van der Waals surface area contributed by atoms with Gasteiger partial charge in [0.1, 0.15) is 0 Å². The molecule has 0 bridgehead atoms. The minimum absolute atomic E-state index is 0.153. The molecule has 1 aromatic rings. The number of esters is 1. The normalized spacial score (nSPS) is 11.1. The van der Waals surface area contributed by atoms with E-state index in [0.717, 1.165) is 0 Å². The fourth-order valence-corrected chi connectivity index (χ4v) is 1.43. The van der Waals surface area contributed by atoms with Crippen molar-refractivity contribution >= 4 is 29.5 Å². The van der Waals surface area contributed by atoms with Crippen LogP contribution in [-0.4, -0.2) is 29.9 Å². The molecule has 0 spiro atoms. The average molecular weight is 293 g/mol. The Bertz CT molecular complexity index is 585. The number of nitrogens with one attached hydrogen (secondary N) is 2. The fourth-order valence-electron chi connectivity index (χ4n) is 1.43. The van der Waals surface area contributed by atoms with Crippen molar-refractivity contribution in [3.05, 3.63) is 29.8 Å². The Morgan fingerprint density at radius 1 is 1.24 bits per heavy atom. The minimum atomic E-state index is -1.19. The summed E-state index contributed by atoms with van der Waals surface area (Å²) in [6, 6.07) is 4.99. The van der Waals surface area contributed by atoms with Crippen LogP contribution in [0.15, 0.2) is 24.3 Å². The van der Waals surface area contributed by atoms with Crippen molar-refractivity contribution in [2.45, 2.75) is 20.0 Å². The second-order valence-corrected chi connectivity index (χ2v) is 4.16. The summed E-state index contributed by atoms with van der Waals surface area (Å²) in [5.41, 5.74) is 5.36. The van der Waals surface area contributed by atoms with Crippen molar-refractivity contribution in [3.63, 3.8) is 0 Å². The van der Waals surface area contributed by atoms with Crippen LogP contribution < -0.4 is 16.4 Å². The summed E-state index contributed by atoms with van der Waals surface area (Å²) in [6.45, 7) is 2.63. The van der Waals surface area contributed by atoms with Gasteiger partial charge in [0, 0.05) is 12.6 Å². The molecule has 1 rings (SSSR count). The van der Waals surface area contributed by atoms with Crippen molar-refractivity contribution < 1.29 is 23.9 Å². The third-order valence-corrected chi connectivity index (χ3v) is 2.32. The van der Waals surface area contributed by atoms with Crippen molar-refractivity contribution in [1.82, 2.24) is 5.32 Å². The SMILES string of the molecule is CC(=O)Nc1cccc(C(=O)O[C@H](C)C(=O)NC(N)=O)c1. The highest BCUT2D eigenvalue weighted by atomic mass is 16.5. The van der Waals surface area contributed by atoms with Gasteiger partial charge in [-0.05, 0) is 25.1 Å². The number of urea groups is 1. The van der Waals surface area contributed by atoms with Crippen LogP contribution in [0.25, 0.3) is 0 Å². The van der Waals surface area contributed by atoms with Crippen molar-refractivity contribution in [3.8, 4) is 0 Å². The molecule has 112 valence electrons. The maximum absolute atomic E-state index is 11.9. The zero-order valence-corrected chi connectivity index (χ0v) is 11.5. The first-order valence-corrected chi connectivity index (χ1v) is 5.98. The maximum atomic E-state index is 11.9. The van der Waals surface area contributed by atoms with Gasteiger partial charge in [0.25, 0.3) is 5.91 Å². The van der Waals surface area contributed by atoms with E-state index >= 15 is 0 Å². The monoisotopic (exact) mass is 293 g/mol. The first-order valence-electron chi connectivity index (χ1n) is 5.98. The van der Waals surface area contributed by atoms with Gasteiger partial charge in [-0.3, -0.25) is 14.9 Å². The van der Waals surface area contributed by atoms with Crippen molar-refractivity contribution in [2.75, 3.05) is 5.32 Å². The summed E-state index contributed by atoms with van der Waals surface area (Å²) in [5.74, 6) is -1.88. The van der Waals surface area contributed by atoms with Crippen LogP contribution >= 0.6 is 0 Å². The number of hydrogen-bond acceptors (Lipinski definition) is 5. The Labute approximate surface area is 120 Å².